The lowest BCUT2D eigenvalue weighted by molar-refractivity contribution is 0.0922. The van der Waals surface area contributed by atoms with Crippen LogP contribution in [0.4, 0.5) is 4.39 Å². The summed E-state index contributed by atoms with van der Waals surface area (Å²) in [5, 5.41) is 7.38. The number of halogens is 1. The van der Waals surface area contributed by atoms with Gasteiger partial charge in [0.25, 0.3) is 5.91 Å². The van der Waals surface area contributed by atoms with Crippen LogP contribution in [0.15, 0.2) is 30.3 Å². The molecule has 1 aromatic carbocycles. The summed E-state index contributed by atoms with van der Waals surface area (Å²) in [6.07, 6.45) is 0.740. The van der Waals surface area contributed by atoms with Gasteiger partial charge in [0.1, 0.15) is 11.5 Å². The summed E-state index contributed by atoms with van der Waals surface area (Å²) in [5.41, 5.74) is 2.26. The molecule has 24 heavy (non-hydrogen) atoms. The van der Waals surface area contributed by atoms with E-state index in [2.05, 4.69) is 15.3 Å². The van der Waals surface area contributed by atoms with E-state index in [1.165, 1.54) is 12.1 Å². The van der Waals surface area contributed by atoms with Crippen LogP contribution >= 0.6 is 0 Å². The molecule has 1 atom stereocenters. The zero-order valence-corrected chi connectivity index (χ0v) is 14.7. The first kappa shape index (κ1) is 18.1. The Bertz CT molecular complexity index is 679. The summed E-state index contributed by atoms with van der Waals surface area (Å²) in [6.45, 7) is 5.27. The second-order valence-corrected chi connectivity index (χ2v) is 6.16. The molecule has 6 heteroatoms. The van der Waals surface area contributed by atoms with Gasteiger partial charge in [0.2, 0.25) is 0 Å². The van der Waals surface area contributed by atoms with Gasteiger partial charge in [-0.1, -0.05) is 12.1 Å². The van der Waals surface area contributed by atoms with Gasteiger partial charge in [0, 0.05) is 6.54 Å². The highest BCUT2D eigenvalue weighted by molar-refractivity contribution is 5.93. The van der Waals surface area contributed by atoms with Crippen LogP contribution in [-0.2, 0) is 6.54 Å². The van der Waals surface area contributed by atoms with Gasteiger partial charge in [-0.3, -0.25) is 9.48 Å². The molecule has 0 saturated carbocycles. The fraction of sp³-hybridized carbons (Fsp3) is 0.444. The van der Waals surface area contributed by atoms with Gasteiger partial charge in [-0.25, -0.2) is 4.39 Å². The second kappa shape index (κ2) is 8.06. The molecule has 5 nitrogen and oxygen atoms in total. The van der Waals surface area contributed by atoms with Gasteiger partial charge < -0.3 is 10.2 Å². The van der Waals surface area contributed by atoms with Crippen LogP contribution in [0.1, 0.15) is 41.1 Å². The van der Waals surface area contributed by atoms with E-state index in [9.17, 15) is 9.18 Å². The predicted molar refractivity (Wildman–Crippen MR) is 92.4 cm³/mol. The third kappa shape index (κ3) is 4.64. The summed E-state index contributed by atoms with van der Waals surface area (Å²) >= 11 is 0. The van der Waals surface area contributed by atoms with E-state index in [-0.39, 0.29) is 17.8 Å². The number of benzene rings is 1. The average molecular weight is 332 g/mol. The molecular formula is C18H25FN4O. The highest BCUT2D eigenvalue weighted by atomic mass is 19.1. The standard InChI is InChI=1S/C18H25FN4O/c1-5-23-17(12-13(2)21-23)18(24)20-16(10-11-22(3)4)14-6-8-15(19)9-7-14/h6-9,12,16H,5,10-11H2,1-4H3,(H,20,24). The first-order valence-electron chi connectivity index (χ1n) is 8.16. The quantitative estimate of drug-likeness (QED) is 0.848. The van der Waals surface area contributed by atoms with Crippen molar-refractivity contribution in [2.75, 3.05) is 20.6 Å². The molecule has 0 bridgehead atoms. The van der Waals surface area contributed by atoms with Crippen LogP contribution in [0.2, 0.25) is 0 Å². The maximum absolute atomic E-state index is 13.2. The highest BCUT2D eigenvalue weighted by Gasteiger charge is 2.19. The Hall–Kier alpha value is -2.21. The Balaban J connectivity index is 2.20. The Morgan fingerprint density at radius 2 is 2.00 bits per heavy atom. The molecule has 0 aliphatic carbocycles. The molecule has 1 amide bonds. The summed E-state index contributed by atoms with van der Waals surface area (Å²) in [5.74, 6) is -0.443. The fourth-order valence-electron chi connectivity index (χ4n) is 2.61. The summed E-state index contributed by atoms with van der Waals surface area (Å²) in [7, 11) is 3.97. The van der Waals surface area contributed by atoms with E-state index >= 15 is 0 Å². The number of hydrogen-bond donors (Lipinski definition) is 1. The molecule has 2 aromatic rings. The first-order valence-corrected chi connectivity index (χ1v) is 8.16. The summed E-state index contributed by atoms with van der Waals surface area (Å²) in [4.78, 5) is 14.7. The average Bonchev–Trinajstić information content (AvgIpc) is 2.93. The van der Waals surface area contributed by atoms with Crippen LogP contribution in [0.3, 0.4) is 0 Å². The van der Waals surface area contributed by atoms with Crippen LogP contribution in [0.25, 0.3) is 0 Å². The van der Waals surface area contributed by atoms with Gasteiger partial charge in [0.05, 0.1) is 11.7 Å². The van der Waals surface area contributed by atoms with Crippen molar-refractivity contribution in [3.05, 3.63) is 53.1 Å². The lowest BCUT2D eigenvalue weighted by Gasteiger charge is -2.21. The zero-order valence-electron chi connectivity index (χ0n) is 14.7. The maximum Gasteiger partial charge on any atom is 0.270 e. The summed E-state index contributed by atoms with van der Waals surface area (Å²) < 4.78 is 14.9. The fourth-order valence-corrected chi connectivity index (χ4v) is 2.61. The lowest BCUT2D eigenvalue weighted by Crippen LogP contribution is -2.32. The molecule has 0 aliphatic heterocycles. The molecule has 130 valence electrons. The zero-order chi connectivity index (χ0) is 17.7. The summed E-state index contributed by atoms with van der Waals surface area (Å²) in [6, 6.07) is 7.89. The number of carbonyl (C=O) groups excluding carboxylic acids is 1. The molecule has 0 radical (unpaired) electrons. The number of aromatic nitrogens is 2. The highest BCUT2D eigenvalue weighted by Crippen LogP contribution is 2.19. The molecule has 1 N–H and O–H groups in total. The van der Waals surface area contributed by atoms with Crippen molar-refractivity contribution in [2.24, 2.45) is 0 Å². The Labute approximate surface area is 142 Å². The van der Waals surface area contributed by atoms with Crippen LogP contribution in [0.5, 0.6) is 0 Å². The third-order valence-electron chi connectivity index (χ3n) is 3.88. The normalized spacial score (nSPS) is 12.4. The number of amides is 1. The Morgan fingerprint density at radius 1 is 1.33 bits per heavy atom. The topological polar surface area (TPSA) is 50.2 Å². The van der Waals surface area contributed by atoms with E-state index in [1.807, 2.05) is 27.9 Å². The molecule has 0 saturated heterocycles. The molecule has 1 heterocycles. The van der Waals surface area contributed by atoms with Crippen molar-refractivity contribution in [3.63, 3.8) is 0 Å². The first-order chi connectivity index (χ1) is 11.4. The van der Waals surface area contributed by atoms with Crippen LogP contribution < -0.4 is 5.32 Å². The Morgan fingerprint density at radius 3 is 2.58 bits per heavy atom. The number of hydrogen-bond acceptors (Lipinski definition) is 3. The van der Waals surface area contributed by atoms with Crippen molar-refractivity contribution in [2.45, 2.75) is 32.9 Å². The van der Waals surface area contributed by atoms with Gasteiger partial charge >= 0.3 is 0 Å². The minimum absolute atomic E-state index is 0.162. The third-order valence-corrected chi connectivity index (χ3v) is 3.88. The molecule has 2 rings (SSSR count). The minimum atomic E-state index is -0.281. The number of aryl methyl sites for hydroxylation is 2. The van der Waals surface area contributed by atoms with Crippen molar-refractivity contribution >= 4 is 5.91 Å². The molecule has 0 fully saturated rings. The number of nitrogens with zero attached hydrogens (tertiary/aromatic N) is 3. The smallest absolute Gasteiger partial charge is 0.270 e. The SMILES string of the molecule is CCn1nc(C)cc1C(=O)NC(CCN(C)C)c1ccc(F)cc1. The number of carbonyl (C=O) groups is 1. The van der Waals surface area contributed by atoms with E-state index in [0.717, 1.165) is 24.2 Å². The van der Waals surface area contributed by atoms with E-state index in [1.54, 1.807) is 22.9 Å². The maximum atomic E-state index is 13.2. The van der Waals surface area contributed by atoms with Crippen LogP contribution in [-0.4, -0.2) is 41.2 Å². The van der Waals surface area contributed by atoms with Crippen molar-refractivity contribution in [1.82, 2.24) is 20.0 Å². The van der Waals surface area contributed by atoms with E-state index in [0.29, 0.717) is 12.2 Å². The monoisotopic (exact) mass is 332 g/mol. The van der Waals surface area contributed by atoms with Gasteiger partial charge in [0.15, 0.2) is 0 Å². The largest absolute Gasteiger partial charge is 0.344 e. The van der Waals surface area contributed by atoms with Gasteiger partial charge in [-0.15, -0.1) is 0 Å². The number of nitrogens with one attached hydrogen (secondary N) is 1. The predicted octanol–water partition coefficient (Wildman–Crippen LogP) is 2.77. The molecule has 1 aromatic heterocycles. The lowest BCUT2D eigenvalue weighted by atomic mass is 10.0. The van der Waals surface area contributed by atoms with Crippen molar-refractivity contribution in [3.8, 4) is 0 Å². The minimum Gasteiger partial charge on any atom is -0.344 e. The molecule has 1 unspecified atom stereocenters. The molecule has 0 spiro atoms. The van der Waals surface area contributed by atoms with E-state index in [4.69, 9.17) is 0 Å². The van der Waals surface area contributed by atoms with Crippen LogP contribution in [0, 0.1) is 12.7 Å². The second-order valence-electron chi connectivity index (χ2n) is 6.16. The number of rotatable bonds is 7. The van der Waals surface area contributed by atoms with Crippen molar-refractivity contribution < 1.29 is 9.18 Å². The van der Waals surface area contributed by atoms with E-state index < -0.39 is 0 Å². The van der Waals surface area contributed by atoms with Gasteiger partial charge in [-0.05, 0) is 64.7 Å². The van der Waals surface area contributed by atoms with Crippen molar-refractivity contribution in [1.29, 1.82) is 0 Å². The molecular weight excluding hydrogens is 307 g/mol. The molecule has 0 aliphatic rings. The Kier molecular flexibility index (Phi) is 6.09. The van der Waals surface area contributed by atoms with Gasteiger partial charge in [-0.2, -0.15) is 5.10 Å².